The van der Waals surface area contributed by atoms with Crippen LogP contribution in [0.15, 0.2) is 70.5 Å². The van der Waals surface area contributed by atoms with Gasteiger partial charge in [-0.1, -0.05) is 22.0 Å². The third-order valence-electron chi connectivity index (χ3n) is 3.10. The lowest BCUT2D eigenvalue weighted by atomic mass is 10.2. The van der Waals surface area contributed by atoms with Gasteiger partial charge in [0.05, 0.1) is 6.42 Å². The number of thiophene rings is 1. The van der Waals surface area contributed by atoms with Crippen LogP contribution in [0.1, 0.15) is 4.88 Å². The third kappa shape index (κ3) is 4.68. The van der Waals surface area contributed by atoms with Crippen molar-refractivity contribution in [1.29, 1.82) is 0 Å². The monoisotopic (exact) mass is 387 g/mol. The smallest absolute Gasteiger partial charge is 0.229 e. The Labute approximate surface area is 147 Å². The summed E-state index contributed by atoms with van der Waals surface area (Å²) in [6.45, 7) is 0. The van der Waals surface area contributed by atoms with Crippen LogP contribution in [0.25, 0.3) is 0 Å². The maximum absolute atomic E-state index is 11.9. The number of halogens is 1. The molecule has 0 aliphatic carbocycles. The summed E-state index contributed by atoms with van der Waals surface area (Å²) < 4.78 is 6.75. The number of carbonyl (C=O) groups excluding carboxylic acids is 1. The molecular formula is C18H14BrNO2S. The fraction of sp³-hybridized carbons (Fsp3) is 0.0556. The van der Waals surface area contributed by atoms with Gasteiger partial charge >= 0.3 is 0 Å². The predicted octanol–water partition coefficient (Wildman–Crippen LogP) is 5.48. The van der Waals surface area contributed by atoms with Gasteiger partial charge in [0.25, 0.3) is 0 Å². The van der Waals surface area contributed by atoms with Crippen LogP contribution in [0.5, 0.6) is 11.5 Å². The molecule has 0 aliphatic heterocycles. The highest BCUT2D eigenvalue weighted by atomic mass is 79.9. The molecule has 1 N–H and O–H groups in total. The van der Waals surface area contributed by atoms with E-state index in [1.807, 2.05) is 66.0 Å². The number of nitrogens with one attached hydrogen (secondary N) is 1. The summed E-state index contributed by atoms with van der Waals surface area (Å²) in [5.41, 5.74) is 0.759. The maximum atomic E-state index is 11.9. The van der Waals surface area contributed by atoms with E-state index in [1.54, 1.807) is 11.3 Å². The highest BCUT2D eigenvalue weighted by Crippen LogP contribution is 2.24. The first kappa shape index (κ1) is 15.8. The van der Waals surface area contributed by atoms with E-state index in [0.29, 0.717) is 6.42 Å². The van der Waals surface area contributed by atoms with Crippen LogP contribution in [-0.2, 0) is 11.2 Å². The van der Waals surface area contributed by atoms with Crippen molar-refractivity contribution < 1.29 is 9.53 Å². The lowest BCUT2D eigenvalue weighted by Gasteiger charge is -2.08. The zero-order chi connectivity index (χ0) is 16.1. The molecule has 0 spiro atoms. The van der Waals surface area contributed by atoms with Crippen LogP contribution in [0.2, 0.25) is 0 Å². The van der Waals surface area contributed by atoms with Crippen molar-refractivity contribution in [2.45, 2.75) is 6.42 Å². The average molecular weight is 388 g/mol. The van der Waals surface area contributed by atoms with Gasteiger partial charge in [-0.3, -0.25) is 4.79 Å². The molecule has 0 aliphatic rings. The number of anilines is 1. The van der Waals surface area contributed by atoms with E-state index in [2.05, 4.69) is 21.2 Å². The minimum absolute atomic E-state index is 0.0194. The molecular weight excluding hydrogens is 374 g/mol. The summed E-state index contributed by atoms with van der Waals surface area (Å²) in [6, 6.07) is 18.9. The van der Waals surface area contributed by atoms with Crippen LogP contribution in [0, 0.1) is 0 Å². The Balaban J connectivity index is 1.58. The van der Waals surface area contributed by atoms with Gasteiger partial charge in [0.2, 0.25) is 5.91 Å². The van der Waals surface area contributed by atoms with Crippen LogP contribution in [0.4, 0.5) is 5.69 Å². The fourth-order valence-corrected chi connectivity index (χ4v) is 2.99. The Kier molecular flexibility index (Phi) is 5.10. The van der Waals surface area contributed by atoms with E-state index in [-0.39, 0.29) is 5.91 Å². The van der Waals surface area contributed by atoms with Gasteiger partial charge in [-0.05, 0) is 60.0 Å². The first-order valence-electron chi connectivity index (χ1n) is 7.05. The minimum atomic E-state index is -0.0194. The van der Waals surface area contributed by atoms with Crippen LogP contribution >= 0.6 is 27.3 Å². The van der Waals surface area contributed by atoms with E-state index < -0.39 is 0 Å². The van der Waals surface area contributed by atoms with Crippen molar-refractivity contribution in [2.24, 2.45) is 0 Å². The maximum Gasteiger partial charge on any atom is 0.229 e. The first-order valence-corrected chi connectivity index (χ1v) is 8.72. The van der Waals surface area contributed by atoms with Gasteiger partial charge in [0.1, 0.15) is 11.5 Å². The SMILES string of the molecule is O=C(Cc1cccs1)Nc1ccc(Oc2ccc(Br)cc2)cc1. The lowest BCUT2D eigenvalue weighted by Crippen LogP contribution is -2.13. The Morgan fingerprint density at radius 2 is 1.65 bits per heavy atom. The van der Waals surface area contributed by atoms with Gasteiger partial charge in [-0.15, -0.1) is 11.3 Å². The highest BCUT2D eigenvalue weighted by molar-refractivity contribution is 9.10. The molecule has 3 rings (SSSR count). The van der Waals surface area contributed by atoms with Crippen LogP contribution in [-0.4, -0.2) is 5.91 Å². The third-order valence-corrected chi connectivity index (χ3v) is 4.51. The Morgan fingerprint density at radius 3 is 2.26 bits per heavy atom. The lowest BCUT2D eigenvalue weighted by molar-refractivity contribution is -0.115. The van der Waals surface area contributed by atoms with E-state index in [4.69, 9.17) is 4.74 Å². The van der Waals surface area contributed by atoms with Crippen molar-refractivity contribution in [3.63, 3.8) is 0 Å². The average Bonchev–Trinajstić information content (AvgIpc) is 3.04. The second-order valence-electron chi connectivity index (χ2n) is 4.88. The normalized spacial score (nSPS) is 10.3. The molecule has 5 heteroatoms. The first-order chi connectivity index (χ1) is 11.2. The highest BCUT2D eigenvalue weighted by Gasteiger charge is 2.05. The zero-order valence-electron chi connectivity index (χ0n) is 12.2. The molecule has 3 aromatic rings. The summed E-state index contributed by atoms with van der Waals surface area (Å²) in [5, 5.41) is 4.85. The molecule has 0 atom stereocenters. The molecule has 0 saturated heterocycles. The summed E-state index contributed by atoms with van der Waals surface area (Å²) in [4.78, 5) is 13.0. The number of benzene rings is 2. The summed E-state index contributed by atoms with van der Waals surface area (Å²) in [5.74, 6) is 1.47. The largest absolute Gasteiger partial charge is 0.457 e. The molecule has 3 nitrogen and oxygen atoms in total. The summed E-state index contributed by atoms with van der Waals surface area (Å²) >= 11 is 4.97. The van der Waals surface area contributed by atoms with Crippen molar-refractivity contribution in [3.8, 4) is 11.5 Å². The van der Waals surface area contributed by atoms with Crippen LogP contribution < -0.4 is 10.1 Å². The number of hydrogen-bond donors (Lipinski definition) is 1. The topological polar surface area (TPSA) is 38.3 Å². The van der Waals surface area contributed by atoms with Gasteiger partial charge in [-0.25, -0.2) is 0 Å². The molecule has 1 heterocycles. The number of hydrogen-bond acceptors (Lipinski definition) is 3. The quantitative estimate of drug-likeness (QED) is 0.628. The molecule has 0 fully saturated rings. The molecule has 0 saturated carbocycles. The second kappa shape index (κ2) is 7.44. The van der Waals surface area contributed by atoms with Crippen molar-refractivity contribution in [2.75, 3.05) is 5.32 Å². The van der Waals surface area contributed by atoms with Crippen LogP contribution in [0.3, 0.4) is 0 Å². The number of ether oxygens (including phenoxy) is 1. The number of amides is 1. The molecule has 2 aromatic carbocycles. The summed E-state index contributed by atoms with van der Waals surface area (Å²) in [7, 11) is 0. The molecule has 0 radical (unpaired) electrons. The van der Waals surface area contributed by atoms with Crippen molar-refractivity contribution >= 4 is 38.9 Å². The van der Waals surface area contributed by atoms with Gasteiger partial charge < -0.3 is 10.1 Å². The summed E-state index contributed by atoms with van der Waals surface area (Å²) in [6.07, 6.45) is 0.398. The minimum Gasteiger partial charge on any atom is -0.457 e. The Hall–Kier alpha value is -2.11. The Morgan fingerprint density at radius 1 is 1.00 bits per heavy atom. The molecule has 23 heavy (non-hydrogen) atoms. The molecule has 1 amide bonds. The fourth-order valence-electron chi connectivity index (χ4n) is 2.02. The van der Waals surface area contributed by atoms with Crippen molar-refractivity contribution in [1.82, 2.24) is 0 Å². The Bertz CT molecular complexity index is 768. The molecule has 116 valence electrons. The van der Waals surface area contributed by atoms with Gasteiger partial charge in [-0.2, -0.15) is 0 Å². The van der Waals surface area contributed by atoms with E-state index in [9.17, 15) is 4.79 Å². The predicted molar refractivity (Wildman–Crippen MR) is 97.3 cm³/mol. The van der Waals surface area contributed by atoms with Crippen molar-refractivity contribution in [3.05, 3.63) is 75.4 Å². The van der Waals surface area contributed by atoms with E-state index in [0.717, 1.165) is 26.5 Å². The van der Waals surface area contributed by atoms with Gasteiger partial charge in [0.15, 0.2) is 0 Å². The standard InChI is InChI=1S/C18H14BrNO2S/c19-13-3-7-15(8-4-13)22-16-9-5-14(6-10-16)20-18(21)12-17-2-1-11-23-17/h1-11H,12H2,(H,20,21). The zero-order valence-corrected chi connectivity index (χ0v) is 14.6. The molecule has 0 unspecified atom stereocenters. The van der Waals surface area contributed by atoms with E-state index >= 15 is 0 Å². The number of rotatable bonds is 5. The van der Waals surface area contributed by atoms with E-state index in [1.165, 1.54) is 0 Å². The second-order valence-corrected chi connectivity index (χ2v) is 6.83. The van der Waals surface area contributed by atoms with Gasteiger partial charge in [0, 0.05) is 15.0 Å². The molecule has 1 aromatic heterocycles. The number of carbonyl (C=O) groups is 1. The molecule has 0 bridgehead atoms.